The number of hydrogen-bond acceptors (Lipinski definition) is 5. The summed E-state index contributed by atoms with van der Waals surface area (Å²) in [5.41, 5.74) is -0.298. The van der Waals surface area contributed by atoms with Crippen molar-refractivity contribution in [2.75, 3.05) is 7.05 Å². The zero-order chi connectivity index (χ0) is 15.6. The van der Waals surface area contributed by atoms with E-state index in [4.69, 9.17) is 4.52 Å². The minimum atomic E-state index is -0.526. The summed E-state index contributed by atoms with van der Waals surface area (Å²) in [7, 11) is 2.98. The summed E-state index contributed by atoms with van der Waals surface area (Å²) in [5.74, 6) is 0.400. The number of carbonyl (C=O) groups excluding carboxylic acids is 1. The highest BCUT2D eigenvalue weighted by molar-refractivity contribution is 5.75. The van der Waals surface area contributed by atoms with E-state index < -0.39 is 11.2 Å². The number of carbonyl (C=O) groups is 1. The number of hydrogen-bond donors (Lipinski definition) is 0. The summed E-state index contributed by atoms with van der Waals surface area (Å²) in [6.07, 6.45) is 1.32. The maximum absolute atomic E-state index is 12.1. The number of aromatic nitrogens is 3. The van der Waals surface area contributed by atoms with Crippen LogP contribution in [-0.2, 0) is 24.9 Å². The van der Waals surface area contributed by atoms with Crippen molar-refractivity contribution < 1.29 is 9.32 Å². The summed E-state index contributed by atoms with van der Waals surface area (Å²) < 4.78 is 7.07. The van der Waals surface area contributed by atoms with Crippen LogP contribution in [0.25, 0.3) is 0 Å². The molecule has 2 heterocycles. The first-order valence-corrected chi connectivity index (χ1v) is 6.31. The summed E-state index contributed by atoms with van der Waals surface area (Å²) in [5, 5.41) is 3.81. The SMILES string of the molecule is Cc1cc(CN(C)C(=O)Cn2ccc(=O)n(C)c2=O)no1. The number of likely N-dealkylation sites (N-methyl/N-ethyl adjacent to an activating group) is 1. The second kappa shape index (κ2) is 5.78. The molecule has 21 heavy (non-hydrogen) atoms. The molecule has 2 aromatic heterocycles. The molecule has 0 saturated carbocycles. The fraction of sp³-hybridized carbons (Fsp3) is 0.385. The van der Waals surface area contributed by atoms with Crippen molar-refractivity contribution in [1.82, 2.24) is 19.2 Å². The third-order valence-electron chi connectivity index (χ3n) is 3.07. The van der Waals surface area contributed by atoms with Gasteiger partial charge in [-0.2, -0.15) is 0 Å². The molecule has 0 bridgehead atoms. The van der Waals surface area contributed by atoms with Gasteiger partial charge in [0, 0.05) is 32.4 Å². The molecule has 0 fully saturated rings. The Balaban J connectivity index is 2.09. The first-order chi connectivity index (χ1) is 9.88. The fourth-order valence-corrected chi connectivity index (χ4v) is 1.83. The number of amides is 1. The predicted molar refractivity (Wildman–Crippen MR) is 73.7 cm³/mol. The maximum Gasteiger partial charge on any atom is 0.331 e. The van der Waals surface area contributed by atoms with Gasteiger partial charge in [0.1, 0.15) is 18.0 Å². The predicted octanol–water partition coefficient (Wildman–Crippen LogP) is -0.498. The van der Waals surface area contributed by atoms with Gasteiger partial charge in [-0.05, 0) is 6.92 Å². The van der Waals surface area contributed by atoms with E-state index in [2.05, 4.69) is 5.16 Å². The first kappa shape index (κ1) is 14.8. The molecule has 0 unspecified atom stereocenters. The molecule has 0 aliphatic rings. The highest BCUT2D eigenvalue weighted by atomic mass is 16.5. The Kier molecular flexibility index (Phi) is 4.06. The second-order valence-corrected chi connectivity index (χ2v) is 4.80. The average Bonchev–Trinajstić information content (AvgIpc) is 2.84. The Morgan fingerprint density at radius 2 is 2.14 bits per heavy atom. The summed E-state index contributed by atoms with van der Waals surface area (Å²) in [6.45, 7) is 1.92. The summed E-state index contributed by atoms with van der Waals surface area (Å²) in [4.78, 5) is 36.7. The molecule has 0 aromatic carbocycles. The van der Waals surface area contributed by atoms with Crippen molar-refractivity contribution >= 4 is 5.91 Å². The van der Waals surface area contributed by atoms with Gasteiger partial charge in [-0.3, -0.25) is 18.7 Å². The van der Waals surface area contributed by atoms with Crippen molar-refractivity contribution in [1.29, 1.82) is 0 Å². The average molecular weight is 292 g/mol. The van der Waals surface area contributed by atoms with Gasteiger partial charge in [0.2, 0.25) is 5.91 Å². The highest BCUT2D eigenvalue weighted by Gasteiger charge is 2.13. The van der Waals surface area contributed by atoms with Crippen molar-refractivity contribution in [3.05, 3.63) is 50.6 Å². The van der Waals surface area contributed by atoms with Crippen LogP contribution in [0.1, 0.15) is 11.5 Å². The third kappa shape index (κ3) is 3.28. The largest absolute Gasteiger partial charge is 0.361 e. The van der Waals surface area contributed by atoms with E-state index in [-0.39, 0.29) is 19.0 Å². The molecular formula is C13H16N4O4. The van der Waals surface area contributed by atoms with Gasteiger partial charge in [-0.15, -0.1) is 0 Å². The molecule has 0 aliphatic heterocycles. The van der Waals surface area contributed by atoms with Gasteiger partial charge in [0.25, 0.3) is 5.56 Å². The Bertz CT molecular complexity index is 771. The molecule has 0 atom stereocenters. The van der Waals surface area contributed by atoms with Gasteiger partial charge in [-0.1, -0.05) is 5.16 Å². The van der Waals surface area contributed by atoms with Crippen LogP contribution in [0.2, 0.25) is 0 Å². The zero-order valence-electron chi connectivity index (χ0n) is 12.1. The number of aryl methyl sites for hydroxylation is 1. The molecule has 8 nitrogen and oxygen atoms in total. The minimum absolute atomic E-state index is 0.139. The molecule has 8 heteroatoms. The first-order valence-electron chi connectivity index (χ1n) is 6.31. The molecule has 2 rings (SSSR count). The van der Waals surface area contributed by atoms with E-state index in [9.17, 15) is 14.4 Å². The standard InChI is InChI=1S/C13H16N4O4/c1-9-6-10(14-21-9)7-15(2)12(19)8-17-5-4-11(18)16(3)13(17)20/h4-6H,7-8H2,1-3H3. The molecule has 0 spiro atoms. The monoisotopic (exact) mass is 292 g/mol. The van der Waals surface area contributed by atoms with E-state index in [0.29, 0.717) is 11.5 Å². The molecule has 0 N–H and O–H groups in total. The van der Waals surface area contributed by atoms with E-state index in [1.54, 1.807) is 20.0 Å². The minimum Gasteiger partial charge on any atom is -0.361 e. The Labute approximate surface area is 120 Å². The quantitative estimate of drug-likeness (QED) is 0.758. The molecular weight excluding hydrogens is 276 g/mol. The van der Waals surface area contributed by atoms with E-state index in [1.165, 1.54) is 28.8 Å². The van der Waals surface area contributed by atoms with Crippen molar-refractivity contribution in [2.24, 2.45) is 7.05 Å². The van der Waals surface area contributed by atoms with Crippen molar-refractivity contribution in [3.8, 4) is 0 Å². The van der Waals surface area contributed by atoms with Crippen molar-refractivity contribution in [3.63, 3.8) is 0 Å². The van der Waals surface area contributed by atoms with E-state index >= 15 is 0 Å². The van der Waals surface area contributed by atoms with Crippen LogP contribution in [-0.4, -0.2) is 32.1 Å². The molecule has 2 aromatic rings. The zero-order valence-corrected chi connectivity index (χ0v) is 12.1. The Morgan fingerprint density at radius 1 is 1.43 bits per heavy atom. The maximum atomic E-state index is 12.1. The van der Waals surface area contributed by atoms with Gasteiger partial charge < -0.3 is 9.42 Å². The smallest absolute Gasteiger partial charge is 0.331 e. The Hall–Kier alpha value is -2.64. The molecule has 0 aliphatic carbocycles. The van der Waals surface area contributed by atoms with Crippen LogP contribution in [0.4, 0.5) is 0 Å². The van der Waals surface area contributed by atoms with Gasteiger partial charge in [0.05, 0.1) is 6.54 Å². The van der Waals surface area contributed by atoms with Crippen LogP contribution >= 0.6 is 0 Å². The molecule has 0 saturated heterocycles. The fourth-order valence-electron chi connectivity index (χ4n) is 1.83. The Morgan fingerprint density at radius 3 is 2.76 bits per heavy atom. The van der Waals surface area contributed by atoms with Crippen LogP contribution < -0.4 is 11.2 Å². The summed E-state index contributed by atoms with van der Waals surface area (Å²) >= 11 is 0. The second-order valence-electron chi connectivity index (χ2n) is 4.80. The lowest BCUT2D eigenvalue weighted by atomic mass is 10.3. The van der Waals surface area contributed by atoms with Crippen molar-refractivity contribution in [2.45, 2.75) is 20.0 Å². The lowest BCUT2D eigenvalue weighted by molar-refractivity contribution is -0.131. The van der Waals surface area contributed by atoms with Crippen LogP contribution in [0.5, 0.6) is 0 Å². The lowest BCUT2D eigenvalue weighted by Gasteiger charge is -2.16. The molecule has 0 radical (unpaired) electrons. The number of nitrogens with zero attached hydrogens (tertiary/aromatic N) is 4. The lowest BCUT2D eigenvalue weighted by Crippen LogP contribution is -2.40. The topological polar surface area (TPSA) is 90.3 Å². The van der Waals surface area contributed by atoms with Gasteiger partial charge in [-0.25, -0.2) is 4.79 Å². The van der Waals surface area contributed by atoms with Crippen LogP contribution in [0.3, 0.4) is 0 Å². The van der Waals surface area contributed by atoms with E-state index in [1.807, 2.05) is 0 Å². The van der Waals surface area contributed by atoms with Gasteiger partial charge in [0.15, 0.2) is 0 Å². The van der Waals surface area contributed by atoms with Crippen LogP contribution in [0, 0.1) is 6.92 Å². The molecule has 112 valence electrons. The highest BCUT2D eigenvalue weighted by Crippen LogP contribution is 2.04. The molecule has 1 amide bonds. The normalized spacial score (nSPS) is 10.6. The summed E-state index contributed by atoms with van der Waals surface area (Å²) in [6, 6.07) is 2.98. The van der Waals surface area contributed by atoms with E-state index in [0.717, 1.165) is 4.57 Å². The third-order valence-corrected chi connectivity index (χ3v) is 3.07. The van der Waals surface area contributed by atoms with Gasteiger partial charge >= 0.3 is 5.69 Å². The van der Waals surface area contributed by atoms with Crippen LogP contribution in [0.15, 0.2) is 32.4 Å². The number of rotatable bonds is 4.